The predicted molar refractivity (Wildman–Crippen MR) is 103 cm³/mol. The molecule has 0 radical (unpaired) electrons. The van der Waals surface area contributed by atoms with E-state index in [-0.39, 0.29) is 17.2 Å². The number of anilines is 1. The molecule has 0 saturated carbocycles. The van der Waals surface area contributed by atoms with Crippen LogP contribution in [0.3, 0.4) is 0 Å². The van der Waals surface area contributed by atoms with Crippen molar-refractivity contribution in [2.75, 3.05) is 40.2 Å². The number of methoxy groups -OCH3 is 2. The Labute approximate surface area is 163 Å². The highest BCUT2D eigenvalue weighted by Gasteiger charge is 2.18. The quantitative estimate of drug-likeness (QED) is 0.733. The summed E-state index contributed by atoms with van der Waals surface area (Å²) in [5.41, 5.74) is 1.14. The number of hydrogen-bond acceptors (Lipinski definition) is 6. The van der Waals surface area contributed by atoms with Gasteiger partial charge in [0.25, 0.3) is 11.8 Å². The topological polar surface area (TPSA) is 94.2 Å². The third kappa shape index (κ3) is 5.00. The van der Waals surface area contributed by atoms with Crippen LogP contribution in [0.1, 0.15) is 20.7 Å². The molecule has 0 aliphatic heterocycles. The number of hydrogen-bond donors (Lipinski definition) is 1. The zero-order valence-corrected chi connectivity index (χ0v) is 16.1. The molecular weight excluding hydrogens is 364 g/mol. The van der Waals surface area contributed by atoms with Crippen LogP contribution in [0.2, 0.25) is 0 Å². The molecule has 0 unspecified atom stereocenters. The largest absolute Gasteiger partial charge is 0.493 e. The highest BCUT2D eigenvalue weighted by molar-refractivity contribution is 5.98. The number of para-hydroxylation sites is 1. The van der Waals surface area contributed by atoms with E-state index in [1.807, 2.05) is 0 Å². The third-order valence-corrected chi connectivity index (χ3v) is 3.78. The minimum atomic E-state index is -0.710. The van der Waals surface area contributed by atoms with Gasteiger partial charge in [0.05, 0.1) is 14.2 Å². The lowest BCUT2D eigenvalue weighted by atomic mass is 10.2. The average Bonchev–Trinajstić information content (AvgIpc) is 2.71. The summed E-state index contributed by atoms with van der Waals surface area (Å²) in [6.45, 7) is -0.475. The number of carbonyl (C=O) groups is 3. The van der Waals surface area contributed by atoms with Crippen LogP contribution in [0.5, 0.6) is 11.5 Å². The SMILES string of the molecule is COc1cccc(C(=O)OCC(=O)Nc2ccc(C(=O)N(C)C)cc2)c1OC. The number of ether oxygens (including phenoxy) is 3. The van der Waals surface area contributed by atoms with Crippen molar-refractivity contribution in [3.63, 3.8) is 0 Å². The van der Waals surface area contributed by atoms with Crippen molar-refractivity contribution >= 4 is 23.5 Å². The molecule has 2 amide bonds. The summed E-state index contributed by atoms with van der Waals surface area (Å²) in [5.74, 6) is -0.746. The van der Waals surface area contributed by atoms with Gasteiger partial charge >= 0.3 is 5.97 Å². The number of esters is 1. The highest BCUT2D eigenvalue weighted by Crippen LogP contribution is 2.31. The van der Waals surface area contributed by atoms with Crippen molar-refractivity contribution in [3.05, 3.63) is 53.6 Å². The average molecular weight is 386 g/mol. The number of benzene rings is 2. The summed E-state index contributed by atoms with van der Waals surface area (Å²) in [5, 5.41) is 2.60. The molecule has 0 aliphatic carbocycles. The molecule has 0 atom stereocenters. The van der Waals surface area contributed by atoms with Gasteiger partial charge in [-0.3, -0.25) is 9.59 Å². The van der Waals surface area contributed by atoms with E-state index in [1.165, 1.54) is 25.2 Å². The molecule has 8 nitrogen and oxygen atoms in total. The van der Waals surface area contributed by atoms with Gasteiger partial charge in [-0.2, -0.15) is 0 Å². The molecule has 0 aromatic heterocycles. The Kier molecular flexibility index (Phi) is 6.97. The molecule has 148 valence electrons. The van der Waals surface area contributed by atoms with Crippen molar-refractivity contribution in [1.82, 2.24) is 4.90 Å². The van der Waals surface area contributed by atoms with E-state index in [9.17, 15) is 14.4 Å². The minimum absolute atomic E-state index is 0.140. The van der Waals surface area contributed by atoms with Crippen molar-refractivity contribution < 1.29 is 28.6 Å². The molecule has 2 aromatic carbocycles. The molecule has 0 aliphatic rings. The molecule has 2 aromatic rings. The first-order valence-electron chi connectivity index (χ1n) is 8.37. The van der Waals surface area contributed by atoms with Crippen molar-refractivity contribution in [2.45, 2.75) is 0 Å². The Morgan fingerprint density at radius 2 is 1.64 bits per heavy atom. The molecule has 28 heavy (non-hydrogen) atoms. The third-order valence-electron chi connectivity index (χ3n) is 3.78. The predicted octanol–water partition coefficient (Wildman–Crippen LogP) is 2.20. The Hall–Kier alpha value is -3.55. The Bertz CT molecular complexity index is 861. The minimum Gasteiger partial charge on any atom is -0.493 e. The molecule has 2 rings (SSSR count). The number of rotatable bonds is 7. The zero-order valence-electron chi connectivity index (χ0n) is 16.1. The lowest BCUT2D eigenvalue weighted by Crippen LogP contribution is -2.22. The maximum Gasteiger partial charge on any atom is 0.342 e. The van der Waals surface area contributed by atoms with Gasteiger partial charge in [-0.1, -0.05) is 6.07 Å². The summed E-state index contributed by atoms with van der Waals surface area (Å²) in [4.78, 5) is 37.6. The Morgan fingerprint density at radius 1 is 0.964 bits per heavy atom. The maximum atomic E-state index is 12.3. The van der Waals surface area contributed by atoms with E-state index in [4.69, 9.17) is 14.2 Å². The fourth-order valence-corrected chi connectivity index (χ4v) is 2.41. The van der Waals surface area contributed by atoms with E-state index in [2.05, 4.69) is 5.32 Å². The fraction of sp³-hybridized carbons (Fsp3) is 0.250. The Morgan fingerprint density at radius 3 is 2.21 bits per heavy atom. The van der Waals surface area contributed by atoms with E-state index in [0.717, 1.165) is 0 Å². The number of nitrogens with zero attached hydrogens (tertiary/aromatic N) is 1. The van der Waals surface area contributed by atoms with Crippen LogP contribution < -0.4 is 14.8 Å². The monoisotopic (exact) mass is 386 g/mol. The zero-order chi connectivity index (χ0) is 20.7. The van der Waals surface area contributed by atoms with Crippen LogP contribution in [-0.4, -0.2) is 57.6 Å². The van der Waals surface area contributed by atoms with Crippen LogP contribution in [0.15, 0.2) is 42.5 Å². The van der Waals surface area contributed by atoms with Gasteiger partial charge in [0.2, 0.25) is 0 Å². The summed E-state index contributed by atoms with van der Waals surface area (Å²) in [6.07, 6.45) is 0. The normalized spacial score (nSPS) is 10.0. The maximum absolute atomic E-state index is 12.3. The van der Waals surface area contributed by atoms with Crippen molar-refractivity contribution in [3.8, 4) is 11.5 Å². The standard InChI is InChI=1S/C20H22N2O6/c1-22(2)19(24)13-8-10-14(11-9-13)21-17(23)12-28-20(25)15-6-5-7-16(26-3)18(15)27-4/h5-11H,12H2,1-4H3,(H,21,23). The first kappa shape index (κ1) is 20.8. The first-order valence-corrected chi connectivity index (χ1v) is 8.37. The lowest BCUT2D eigenvalue weighted by Gasteiger charge is -2.12. The molecule has 0 saturated heterocycles. The van der Waals surface area contributed by atoms with Crippen LogP contribution in [0.25, 0.3) is 0 Å². The second-order valence-electron chi connectivity index (χ2n) is 5.94. The van der Waals surface area contributed by atoms with E-state index < -0.39 is 18.5 Å². The van der Waals surface area contributed by atoms with Crippen LogP contribution >= 0.6 is 0 Å². The summed E-state index contributed by atoms with van der Waals surface area (Å²) in [7, 11) is 6.18. The first-order chi connectivity index (χ1) is 13.4. The fourth-order valence-electron chi connectivity index (χ4n) is 2.41. The van der Waals surface area contributed by atoms with Gasteiger partial charge in [0, 0.05) is 25.3 Å². The van der Waals surface area contributed by atoms with Crippen molar-refractivity contribution in [2.24, 2.45) is 0 Å². The van der Waals surface area contributed by atoms with Crippen LogP contribution in [0.4, 0.5) is 5.69 Å². The molecule has 0 fully saturated rings. The summed E-state index contributed by atoms with van der Waals surface area (Å²) < 4.78 is 15.4. The molecule has 1 N–H and O–H groups in total. The van der Waals surface area contributed by atoms with Crippen molar-refractivity contribution in [1.29, 1.82) is 0 Å². The van der Waals surface area contributed by atoms with Gasteiger partial charge in [-0.25, -0.2) is 4.79 Å². The smallest absolute Gasteiger partial charge is 0.342 e. The number of amides is 2. The van der Waals surface area contributed by atoms with Crippen LogP contribution in [0, 0.1) is 0 Å². The molecule has 0 heterocycles. The van der Waals surface area contributed by atoms with E-state index in [0.29, 0.717) is 17.0 Å². The van der Waals surface area contributed by atoms with Gasteiger partial charge in [-0.05, 0) is 36.4 Å². The summed E-state index contributed by atoms with van der Waals surface area (Å²) >= 11 is 0. The molecule has 0 bridgehead atoms. The van der Waals surface area contributed by atoms with Gasteiger partial charge in [-0.15, -0.1) is 0 Å². The lowest BCUT2D eigenvalue weighted by molar-refractivity contribution is -0.119. The number of carbonyl (C=O) groups excluding carboxylic acids is 3. The van der Waals surface area contributed by atoms with Gasteiger partial charge in [0.15, 0.2) is 18.1 Å². The van der Waals surface area contributed by atoms with Gasteiger partial charge in [0.1, 0.15) is 5.56 Å². The molecule has 8 heteroatoms. The number of nitrogens with one attached hydrogen (secondary N) is 1. The van der Waals surface area contributed by atoms with E-state index >= 15 is 0 Å². The van der Waals surface area contributed by atoms with Gasteiger partial charge < -0.3 is 24.4 Å². The van der Waals surface area contributed by atoms with Crippen LogP contribution in [-0.2, 0) is 9.53 Å². The van der Waals surface area contributed by atoms with E-state index in [1.54, 1.807) is 50.5 Å². The molecular formula is C20H22N2O6. The second-order valence-corrected chi connectivity index (χ2v) is 5.94. The second kappa shape index (κ2) is 9.40. The molecule has 0 spiro atoms. The summed E-state index contributed by atoms with van der Waals surface area (Å²) in [6, 6.07) is 11.2. The Balaban J connectivity index is 1.96. The highest BCUT2D eigenvalue weighted by atomic mass is 16.5.